The number of piperazine rings is 1. The van der Waals surface area contributed by atoms with E-state index in [2.05, 4.69) is 5.32 Å². The van der Waals surface area contributed by atoms with Crippen LogP contribution in [0.5, 0.6) is 0 Å². The van der Waals surface area contributed by atoms with Crippen LogP contribution in [0.2, 0.25) is 0 Å². The van der Waals surface area contributed by atoms with Crippen LogP contribution in [0.1, 0.15) is 31.1 Å². The van der Waals surface area contributed by atoms with Crippen molar-refractivity contribution in [1.82, 2.24) is 14.5 Å². The molecule has 132 valence electrons. The summed E-state index contributed by atoms with van der Waals surface area (Å²) < 4.78 is 26.1. The molecule has 0 saturated carbocycles. The molecule has 1 atom stereocenters. The van der Waals surface area contributed by atoms with Gasteiger partial charge in [0.25, 0.3) is 5.91 Å². The molecule has 7 nitrogen and oxygen atoms in total. The van der Waals surface area contributed by atoms with Crippen molar-refractivity contribution >= 4 is 21.8 Å². The topological polar surface area (TPSA) is 86.8 Å². The number of carbonyl (C=O) groups is 2. The molecule has 1 fully saturated rings. The molecular formula is C16H23N3O4S. The number of amides is 2. The molecule has 1 aliphatic rings. The Morgan fingerprint density at radius 2 is 1.88 bits per heavy atom. The largest absolute Gasteiger partial charge is 0.353 e. The van der Waals surface area contributed by atoms with Gasteiger partial charge in [-0.2, -0.15) is 4.31 Å². The highest BCUT2D eigenvalue weighted by atomic mass is 32.2. The van der Waals surface area contributed by atoms with Gasteiger partial charge >= 0.3 is 0 Å². The molecule has 0 bridgehead atoms. The minimum Gasteiger partial charge on any atom is -0.353 e. The fraction of sp³-hybridized carbons (Fsp3) is 0.500. The fourth-order valence-corrected chi connectivity index (χ4v) is 3.81. The first-order valence-corrected chi connectivity index (χ1v) is 9.27. The third-order valence-electron chi connectivity index (χ3n) is 4.27. The Balaban J connectivity index is 2.23. The van der Waals surface area contributed by atoms with Gasteiger partial charge in [0, 0.05) is 31.7 Å². The summed E-state index contributed by atoms with van der Waals surface area (Å²) in [5, 5.41) is 2.70. The second-order valence-electron chi connectivity index (χ2n) is 6.10. The van der Waals surface area contributed by atoms with E-state index < -0.39 is 16.1 Å². The molecule has 1 unspecified atom stereocenters. The Hall–Kier alpha value is -1.93. The third-order valence-corrected chi connectivity index (χ3v) is 6.31. The molecule has 0 spiro atoms. The van der Waals surface area contributed by atoms with E-state index in [1.54, 1.807) is 20.8 Å². The second kappa shape index (κ2) is 6.90. The number of rotatable bonds is 4. The van der Waals surface area contributed by atoms with E-state index in [1.165, 1.54) is 40.5 Å². The van der Waals surface area contributed by atoms with Crippen molar-refractivity contribution in [1.29, 1.82) is 0 Å². The van der Waals surface area contributed by atoms with E-state index in [0.29, 0.717) is 18.7 Å². The zero-order valence-electron chi connectivity index (χ0n) is 14.3. The monoisotopic (exact) mass is 353 g/mol. The summed E-state index contributed by atoms with van der Waals surface area (Å²) in [6, 6.07) is 5.13. The van der Waals surface area contributed by atoms with Gasteiger partial charge in [0.05, 0.1) is 4.90 Å². The van der Waals surface area contributed by atoms with Crippen molar-refractivity contribution in [3.05, 3.63) is 29.8 Å². The van der Waals surface area contributed by atoms with Gasteiger partial charge in [-0.3, -0.25) is 9.59 Å². The highest BCUT2D eigenvalue weighted by molar-refractivity contribution is 7.89. The minimum absolute atomic E-state index is 0.139. The van der Waals surface area contributed by atoms with Crippen LogP contribution >= 0.6 is 0 Å². The van der Waals surface area contributed by atoms with Gasteiger partial charge in [0.2, 0.25) is 15.9 Å². The van der Waals surface area contributed by atoms with Crippen LogP contribution in [0.3, 0.4) is 0 Å². The third kappa shape index (κ3) is 3.44. The van der Waals surface area contributed by atoms with E-state index in [1.807, 2.05) is 0 Å². The van der Waals surface area contributed by atoms with E-state index >= 15 is 0 Å². The highest BCUT2D eigenvalue weighted by Crippen LogP contribution is 2.18. The fourth-order valence-electron chi connectivity index (χ4n) is 2.44. The predicted molar refractivity (Wildman–Crippen MR) is 90.0 cm³/mol. The minimum atomic E-state index is -3.58. The lowest BCUT2D eigenvalue weighted by atomic mass is 10.1. The summed E-state index contributed by atoms with van der Waals surface area (Å²) in [6.45, 7) is 6.10. The van der Waals surface area contributed by atoms with Crippen molar-refractivity contribution in [2.45, 2.75) is 37.8 Å². The molecule has 2 rings (SSSR count). The summed E-state index contributed by atoms with van der Waals surface area (Å²) in [4.78, 5) is 25.8. The molecule has 0 radical (unpaired) electrons. The molecule has 1 heterocycles. The van der Waals surface area contributed by atoms with E-state index in [-0.39, 0.29) is 22.8 Å². The summed E-state index contributed by atoms with van der Waals surface area (Å²) in [7, 11) is -2.06. The number of benzene rings is 1. The average Bonchev–Trinajstić information content (AvgIpc) is 2.56. The number of carbonyl (C=O) groups excluding carboxylic acids is 2. The van der Waals surface area contributed by atoms with Gasteiger partial charge in [-0.05, 0) is 45.0 Å². The van der Waals surface area contributed by atoms with Crippen LogP contribution in [-0.2, 0) is 14.8 Å². The summed E-state index contributed by atoms with van der Waals surface area (Å²) in [5.74, 6) is -0.467. The van der Waals surface area contributed by atoms with Crippen LogP contribution in [0.4, 0.5) is 0 Å². The van der Waals surface area contributed by atoms with Crippen LogP contribution in [0.25, 0.3) is 0 Å². The maximum Gasteiger partial charge on any atom is 0.254 e. The van der Waals surface area contributed by atoms with Gasteiger partial charge in [-0.1, -0.05) is 0 Å². The molecule has 1 aromatic rings. The van der Waals surface area contributed by atoms with Gasteiger partial charge in [0.15, 0.2) is 0 Å². The van der Waals surface area contributed by atoms with E-state index in [0.717, 1.165) is 0 Å². The maximum absolute atomic E-state index is 12.5. The second-order valence-corrected chi connectivity index (χ2v) is 8.10. The van der Waals surface area contributed by atoms with E-state index in [9.17, 15) is 18.0 Å². The van der Waals surface area contributed by atoms with Crippen molar-refractivity contribution in [3.8, 4) is 0 Å². The van der Waals surface area contributed by atoms with Crippen molar-refractivity contribution < 1.29 is 18.0 Å². The Labute approximate surface area is 142 Å². The first kappa shape index (κ1) is 18.4. The van der Waals surface area contributed by atoms with Crippen LogP contribution in [0.15, 0.2) is 29.2 Å². The molecule has 2 amide bonds. The normalized spacial score (nSPS) is 18.8. The number of sulfonamides is 1. The molecule has 1 saturated heterocycles. The smallest absolute Gasteiger partial charge is 0.254 e. The molecule has 24 heavy (non-hydrogen) atoms. The number of nitrogens with one attached hydrogen (secondary N) is 1. The zero-order valence-corrected chi connectivity index (χ0v) is 15.1. The van der Waals surface area contributed by atoms with Gasteiger partial charge < -0.3 is 10.2 Å². The zero-order chi connectivity index (χ0) is 18.1. The first-order chi connectivity index (χ1) is 11.2. The Morgan fingerprint density at radius 3 is 2.42 bits per heavy atom. The molecule has 1 N–H and O–H groups in total. The molecule has 0 aromatic heterocycles. The van der Waals surface area contributed by atoms with Crippen molar-refractivity contribution in [2.75, 3.05) is 20.1 Å². The summed E-state index contributed by atoms with van der Waals surface area (Å²) >= 11 is 0. The molecule has 8 heteroatoms. The molecule has 1 aliphatic heterocycles. The standard InChI is InChI=1S/C16H23N3O4S/c1-11(2)18(4)24(22,23)14-7-5-13(6-8-14)16(21)19-10-9-17-15(20)12(19)3/h5-8,11-12H,9-10H2,1-4H3,(H,17,20). The number of hydrogen-bond donors (Lipinski definition) is 1. The lowest BCUT2D eigenvalue weighted by Crippen LogP contribution is -2.55. The van der Waals surface area contributed by atoms with Gasteiger partial charge in [-0.15, -0.1) is 0 Å². The molecular weight excluding hydrogens is 330 g/mol. The first-order valence-electron chi connectivity index (χ1n) is 7.83. The number of nitrogens with zero attached hydrogens (tertiary/aromatic N) is 2. The Morgan fingerprint density at radius 1 is 1.29 bits per heavy atom. The molecule has 1 aromatic carbocycles. The predicted octanol–water partition coefficient (Wildman–Crippen LogP) is 0.676. The Kier molecular flexibility index (Phi) is 5.29. The lowest BCUT2D eigenvalue weighted by Gasteiger charge is -2.32. The SMILES string of the molecule is CC1C(=O)NCCN1C(=O)c1ccc(S(=O)(=O)N(C)C(C)C)cc1. The average molecular weight is 353 g/mol. The van der Waals surface area contributed by atoms with Crippen LogP contribution in [-0.4, -0.2) is 61.7 Å². The van der Waals surface area contributed by atoms with Crippen molar-refractivity contribution in [2.24, 2.45) is 0 Å². The van der Waals surface area contributed by atoms with Crippen molar-refractivity contribution in [3.63, 3.8) is 0 Å². The lowest BCUT2D eigenvalue weighted by molar-refractivity contribution is -0.127. The molecule has 0 aliphatic carbocycles. The number of hydrogen-bond acceptors (Lipinski definition) is 4. The van der Waals surface area contributed by atoms with Crippen LogP contribution < -0.4 is 5.32 Å². The van der Waals surface area contributed by atoms with Gasteiger partial charge in [0.1, 0.15) is 6.04 Å². The van der Waals surface area contributed by atoms with Crippen LogP contribution in [0, 0.1) is 0 Å². The van der Waals surface area contributed by atoms with E-state index in [4.69, 9.17) is 0 Å². The maximum atomic E-state index is 12.5. The summed E-state index contributed by atoms with van der Waals surface area (Å²) in [6.07, 6.45) is 0. The highest BCUT2D eigenvalue weighted by Gasteiger charge is 2.30. The van der Waals surface area contributed by atoms with Gasteiger partial charge in [-0.25, -0.2) is 8.42 Å². The quantitative estimate of drug-likeness (QED) is 0.862. The Bertz CT molecular complexity index is 728. The summed E-state index contributed by atoms with van der Waals surface area (Å²) in [5.41, 5.74) is 0.364.